The minimum Gasteiger partial charge on any atom is -0.366 e. The van der Waals surface area contributed by atoms with Gasteiger partial charge in [-0.2, -0.15) is 0 Å². The van der Waals surface area contributed by atoms with Crippen LogP contribution in [0.25, 0.3) is 0 Å². The molecule has 0 unspecified atom stereocenters. The Labute approximate surface area is 132 Å². The van der Waals surface area contributed by atoms with E-state index in [0.717, 1.165) is 0 Å². The zero-order valence-corrected chi connectivity index (χ0v) is 11.8. The number of nitrogens with one attached hydrogen (secondary N) is 1. The van der Waals surface area contributed by atoms with Gasteiger partial charge in [-0.05, 0) is 18.2 Å². The van der Waals surface area contributed by atoms with E-state index in [1.54, 1.807) is 0 Å². The lowest BCUT2D eigenvalue weighted by Crippen LogP contribution is -2.19. The molecule has 0 heterocycles. The molecule has 0 atom stereocenters. The molecule has 2 amide bonds. The Kier molecular flexibility index (Phi) is 4.82. The van der Waals surface area contributed by atoms with Gasteiger partial charge in [-0.15, -0.1) is 0 Å². The molecular weight excluding hydrogens is 335 g/mol. The highest BCUT2D eigenvalue weighted by Crippen LogP contribution is 2.23. The second-order valence-corrected chi connectivity index (χ2v) is 4.72. The molecule has 0 spiro atoms. The van der Waals surface area contributed by atoms with E-state index in [9.17, 15) is 31.5 Å². The Morgan fingerprint density at radius 3 is 2.00 bits per heavy atom. The number of anilines is 1. The van der Waals surface area contributed by atoms with Crippen molar-refractivity contribution in [1.82, 2.24) is 0 Å². The van der Waals surface area contributed by atoms with Crippen molar-refractivity contribution < 1.29 is 31.5 Å². The Hall–Kier alpha value is -2.97. The fourth-order valence-corrected chi connectivity index (χ4v) is 1.92. The van der Waals surface area contributed by atoms with Gasteiger partial charge in [0.05, 0.1) is 6.42 Å². The minimum atomic E-state index is -2.30. The molecule has 3 N–H and O–H groups in total. The van der Waals surface area contributed by atoms with E-state index < -0.39 is 52.9 Å². The number of amides is 2. The summed E-state index contributed by atoms with van der Waals surface area (Å²) in [6.45, 7) is 0. The lowest BCUT2D eigenvalue weighted by Gasteiger charge is -2.09. The Morgan fingerprint density at radius 2 is 1.46 bits per heavy atom. The zero-order valence-electron chi connectivity index (χ0n) is 11.8. The van der Waals surface area contributed by atoms with Gasteiger partial charge in [0.25, 0.3) is 0 Å². The van der Waals surface area contributed by atoms with Crippen LogP contribution in [-0.2, 0) is 11.2 Å². The molecule has 0 saturated heterocycles. The molecule has 2 aromatic rings. The molecule has 0 saturated carbocycles. The van der Waals surface area contributed by atoms with Crippen LogP contribution >= 0.6 is 0 Å². The van der Waals surface area contributed by atoms with Gasteiger partial charge in [0.2, 0.25) is 17.6 Å². The standard InChI is InChI=1S/C15H9F5N2O2/c16-10-8(11(17)13(19)14(20)12(10)18)5-9(23)22-7-3-1-2-6(4-7)15(21)24/h1-4H,5H2,(H2,21,24)(H,22,23). The van der Waals surface area contributed by atoms with E-state index in [4.69, 9.17) is 5.73 Å². The summed E-state index contributed by atoms with van der Waals surface area (Å²) in [7, 11) is 0. The van der Waals surface area contributed by atoms with Gasteiger partial charge in [-0.1, -0.05) is 6.07 Å². The van der Waals surface area contributed by atoms with Crippen molar-refractivity contribution in [1.29, 1.82) is 0 Å². The van der Waals surface area contributed by atoms with E-state index in [0.29, 0.717) is 0 Å². The second-order valence-electron chi connectivity index (χ2n) is 4.72. The van der Waals surface area contributed by atoms with Gasteiger partial charge in [0.1, 0.15) is 0 Å². The topological polar surface area (TPSA) is 72.2 Å². The van der Waals surface area contributed by atoms with E-state index in [1.807, 2.05) is 0 Å². The van der Waals surface area contributed by atoms with Crippen LogP contribution in [0, 0.1) is 29.1 Å². The Bertz CT molecular complexity index is 810. The molecule has 9 heteroatoms. The normalized spacial score (nSPS) is 10.5. The summed E-state index contributed by atoms with van der Waals surface area (Å²) in [5.74, 6) is -12.5. The van der Waals surface area contributed by atoms with Gasteiger partial charge >= 0.3 is 0 Å². The maximum absolute atomic E-state index is 13.5. The number of carbonyl (C=O) groups is 2. The molecule has 126 valence electrons. The first-order chi connectivity index (χ1) is 11.2. The maximum Gasteiger partial charge on any atom is 0.248 e. The van der Waals surface area contributed by atoms with E-state index in [1.165, 1.54) is 24.3 Å². The minimum absolute atomic E-state index is 0.0593. The summed E-state index contributed by atoms with van der Waals surface area (Å²) < 4.78 is 66.1. The molecule has 0 fully saturated rings. The number of carbonyl (C=O) groups excluding carboxylic acids is 2. The van der Waals surface area contributed by atoms with Crippen LogP contribution in [0.4, 0.5) is 27.6 Å². The fourth-order valence-electron chi connectivity index (χ4n) is 1.92. The molecule has 0 radical (unpaired) electrons. The predicted molar refractivity (Wildman–Crippen MR) is 73.5 cm³/mol. The number of halogens is 5. The highest BCUT2D eigenvalue weighted by atomic mass is 19.2. The summed E-state index contributed by atoms with van der Waals surface area (Å²) in [5.41, 5.74) is 3.93. The molecule has 2 rings (SSSR count). The highest BCUT2D eigenvalue weighted by molar-refractivity contribution is 5.96. The van der Waals surface area contributed by atoms with Crippen molar-refractivity contribution in [2.45, 2.75) is 6.42 Å². The zero-order chi connectivity index (χ0) is 18.0. The van der Waals surface area contributed by atoms with Gasteiger partial charge < -0.3 is 11.1 Å². The fraction of sp³-hybridized carbons (Fsp3) is 0.0667. The Morgan fingerprint density at radius 1 is 0.917 bits per heavy atom. The number of nitrogens with two attached hydrogens (primary N) is 1. The van der Waals surface area contributed by atoms with Crippen LogP contribution < -0.4 is 11.1 Å². The lowest BCUT2D eigenvalue weighted by atomic mass is 10.1. The van der Waals surface area contributed by atoms with E-state index in [-0.39, 0.29) is 11.3 Å². The van der Waals surface area contributed by atoms with Crippen molar-refractivity contribution in [3.05, 3.63) is 64.5 Å². The van der Waals surface area contributed by atoms with Gasteiger partial charge in [0.15, 0.2) is 23.3 Å². The third-order valence-corrected chi connectivity index (χ3v) is 3.07. The lowest BCUT2D eigenvalue weighted by molar-refractivity contribution is -0.115. The monoisotopic (exact) mass is 344 g/mol. The number of primary amides is 1. The number of benzene rings is 2. The summed E-state index contributed by atoms with van der Waals surface area (Å²) in [6, 6.07) is 5.29. The first-order valence-electron chi connectivity index (χ1n) is 6.42. The first-order valence-corrected chi connectivity index (χ1v) is 6.42. The molecular formula is C15H9F5N2O2. The number of hydrogen-bond acceptors (Lipinski definition) is 2. The van der Waals surface area contributed by atoms with Crippen molar-refractivity contribution in [2.24, 2.45) is 5.73 Å². The summed E-state index contributed by atoms with van der Waals surface area (Å²) in [4.78, 5) is 22.8. The van der Waals surface area contributed by atoms with Crippen molar-refractivity contribution >= 4 is 17.5 Å². The number of rotatable bonds is 4. The van der Waals surface area contributed by atoms with Crippen LogP contribution in [-0.4, -0.2) is 11.8 Å². The molecule has 4 nitrogen and oxygen atoms in total. The largest absolute Gasteiger partial charge is 0.366 e. The smallest absolute Gasteiger partial charge is 0.248 e. The molecule has 24 heavy (non-hydrogen) atoms. The van der Waals surface area contributed by atoms with Crippen LogP contribution in [0.3, 0.4) is 0 Å². The molecule has 0 aromatic heterocycles. The quantitative estimate of drug-likeness (QED) is 0.508. The molecule has 0 aliphatic heterocycles. The Balaban J connectivity index is 2.25. The average Bonchev–Trinajstić information content (AvgIpc) is 2.55. The molecule has 0 bridgehead atoms. The van der Waals surface area contributed by atoms with Crippen LogP contribution in [0.2, 0.25) is 0 Å². The SMILES string of the molecule is NC(=O)c1cccc(NC(=O)Cc2c(F)c(F)c(F)c(F)c2F)c1. The maximum atomic E-state index is 13.5. The van der Waals surface area contributed by atoms with Crippen LogP contribution in [0.15, 0.2) is 24.3 Å². The summed E-state index contributed by atoms with van der Waals surface area (Å²) in [5, 5.41) is 2.17. The van der Waals surface area contributed by atoms with E-state index in [2.05, 4.69) is 5.32 Å². The highest BCUT2D eigenvalue weighted by Gasteiger charge is 2.26. The van der Waals surface area contributed by atoms with Crippen LogP contribution in [0.5, 0.6) is 0 Å². The second kappa shape index (κ2) is 6.65. The number of hydrogen-bond donors (Lipinski definition) is 2. The van der Waals surface area contributed by atoms with Crippen molar-refractivity contribution in [2.75, 3.05) is 5.32 Å². The third-order valence-electron chi connectivity index (χ3n) is 3.07. The van der Waals surface area contributed by atoms with Gasteiger partial charge in [0, 0.05) is 16.8 Å². The van der Waals surface area contributed by atoms with Crippen molar-refractivity contribution in [3.63, 3.8) is 0 Å². The molecule has 2 aromatic carbocycles. The van der Waals surface area contributed by atoms with Gasteiger partial charge in [-0.3, -0.25) is 9.59 Å². The summed E-state index contributed by atoms with van der Waals surface area (Å²) in [6.07, 6.45) is -1.09. The van der Waals surface area contributed by atoms with Gasteiger partial charge in [-0.25, -0.2) is 22.0 Å². The first kappa shape index (κ1) is 17.4. The summed E-state index contributed by atoms with van der Waals surface area (Å²) >= 11 is 0. The van der Waals surface area contributed by atoms with Crippen LogP contribution in [0.1, 0.15) is 15.9 Å². The molecule has 0 aliphatic carbocycles. The van der Waals surface area contributed by atoms with Crippen molar-refractivity contribution in [3.8, 4) is 0 Å². The third kappa shape index (κ3) is 3.34. The molecule has 0 aliphatic rings. The van der Waals surface area contributed by atoms with E-state index >= 15 is 0 Å². The average molecular weight is 344 g/mol. The predicted octanol–water partition coefficient (Wildman–Crippen LogP) is 2.66.